The van der Waals surface area contributed by atoms with Crippen LogP contribution in [0.2, 0.25) is 10.0 Å². The van der Waals surface area contributed by atoms with Crippen molar-refractivity contribution in [3.63, 3.8) is 0 Å². The molecular formula is C13H15Cl2NO2S. The molecule has 104 valence electrons. The molecule has 3 nitrogen and oxygen atoms in total. The zero-order valence-corrected chi connectivity index (χ0v) is 12.6. The lowest BCUT2D eigenvalue weighted by molar-refractivity contribution is -0.139. The van der Waals surface area contributed by atoms with Crippen LogP contribution in [0.1, 0.15) is 6.42 Å². The number of hydrogen-bond acceptors (Lipinski definition) is 3. The van der Waals surface area contributed by atoms with Gasteiger partial charge in [-0.2, -0.15) is 0 Å². The molecule has 0 spiro atoms. The lowest BCUT2D eigenvalue weighted by Gasteiger charge is -2.38. The molecule has 0 aliphatic carbocycles. The summed E-state index contributed by atoms with van der Waals surface area (Å²) in [5, 5.41) is 10.1. The van der Waals surface area contributed by atoms with Gasteiger partial charge in [0.25, 0.3) is 0 Å². The molecule has 0 saturated carbocycles. The number of likely N-dealkylation sites (tertiary alicyclic amines) is 1. The first-order valence-electron chi connectivity index (χ1n) is 6.06. The highest BCUT2D eigenvalue weighted by molar-refractivity contribution is 7.99. The summed E-state index contributed by atoms with van der Waals surface area (Å²) in [6.45, 7) is 2.72. The Balaban J connectivity index is 1.68. The molecule has 0 atom stereocenters. The standard InChI is InChI=1S/C13H15Cl2NO2S/c14-10-1-2-11(15)12(6-10)19-4-3-16-7-9(8-16)5-13(17)18/h1-2,6,9H,3-5,7-8H2,(H,17,18). The molecule has 1 aromatic rings. The third-order valence-electron chi connectivity index (χ3n) is 3.05. The van der Waals surface area contributed by atoms with E-state index in [2.05, 4.69) is 4.90 Å². The third kappa shape index (κ3) is 4.56. The molecule has 2 rings (SSSR count). The molecule has 6 heteroatoms. The van der Waals surface area contributed by atoms with Crippen LogP contribution < -0.4 is 0 Å². The van der Waals surface area contributed by atoms with E-state index in [4.69, 9.17) is 28.3 Å². The average Bonchev–Trinajstić information content (AvgIpc) is 2.29. The predicted molar refractivity (Wildman–Crippen MR) is 79.4 cm³/mol. The summed E-state index contributed by atoms with van der Waals surface area (Å²) in [6.07, 6.45) is 0.282. The minimum absolute atomic E-state index is 0.282. The van der Waals surface area contributed by atoms with Gasteiger partial charge in [-0.25, -0.2) is 0 Å². The zero-order chi connectivity index (χ0) is 13.8. The Hall–Kier alpha value is -0.420. The van der Waals surface area contributed by atoms with Gasteiger partial charge in [0.15, 0.2) is 0 Å². The maximum atomic E-state index is 10.5. The summed E-state index contributed by atoms with van der Waals surface area (Å²) >= 11 is 13.7. The summed E-state index contributed by atoms with van der Waals surface area (Å²) < 4.78 is 0. The lowest BCUT2D eigenvalue weighted by Crippen LogP contribution is -2.48. The van der Waals surface area contributed by atoms with E-state index >= 15 is 0 Å². The SMILES string of the molecule is O=C(O)CC1CN(CCSc2cc(Cl)ccc2Cl)C1. The van der Waals surface area contributed by atoms with Gasteiger partial charge in [0.1, 0.15) is 0 Å². The summed E-state index contributed by atoms with van der Waals surface area (Å²) in [6, 6.07) is 5.45. The highest BCUT2D eigenvalue weighted by Crippen LogP contribution is 2.30. The summed E-state index contributed by atoms with van der Waals surface area (Å²) in [5.74, 6) is 0.543. The monoisotopic (exact) mass is 319 g/mol. The molecule has 19 heavy (non-hydrogen) atoms. The maximum absolute atomic E-state index is 10.5. The number of carboxylic acid groups (broad SMARTS) is 1. The van der Waals surface area contributed by atoms with Crippen molar-refractivity contribution in [2.45, 2.75) is 11.3 Å². The fourth-order valence-electron chi connectivity index (χ4n) is 2.11. The van der Waals surface area contributed by atoms with Gasteiger partial charge in [-0.15, -0.1) is 11.8 Å². The molecule has 0 bridgehead atoms. The summed E-state index contributed by atoms with van der Waals surface area (Å²) in [5.41, 5.74) is 0. The number of hydrogen-bond donors (Lipinski definition) is 1. The number of carboxylic acids is 1. The van der Waals surface area contributed by atoms with Crippen molar-refractivity contribution in [3.8, 4) is 0 Å². The molecule has 0 unspecified atom stereocenters. The fourth-order valence-corrected chi connectivity index (χ4v) is 3.61. The van der Waals surface area contributed by atoms with E-state index in [1.165, 1.54) is 0 Å². The number of thioether (sulfide) groups is 1. The Bertz CT molecular complexity index is 464. The number of nitrogens with zero attached hydrogens (tertiary/aromatic N) is 1. The van der Waals surface area contributed by atoms with Crippen molar-refractivity contribution in [1.82, 2.24) is 4.90 Å². The molecule has 1 saturated heterocycles. The Kier molecular flexibility index (Phi) is 5.39. The summed E-state index contributed by atoms with van der Waals surface area (Å²) in [7, 11) is 0. The first-order valence-corrected chi connectivity index (χ1v) is 7.81. The number of aliphatic carboxylic acids is 1. The molecule has 0 amide bonds. The van der Waals surface area contributed by atoms with E-state index in [1.807, 2.05) is 6.07 Å². The van der Waals surface area contributed by atoms with E-state index in [-0.39, 0.29) is 6.42 Å². The number of rotatable bonds is 6. The van der Waals surface area contributed by atoms with E-state index < -0.39 is 5.97 Å². The van der Waals surface area contributed by atoms with Crippen LogP contribution in [0.3, 0.4) is 0 Å². The molecule has 1 fully saturated rings. The number of carbonyl (C=O) groups is 1. The van der Waals surface area contributed by atoms with Crippen molar-refractivity contribution < 1.29 is 9.90 Å². The quantitative estimate of drug-likeness (QED) is 0.815. The smallest absolute Gasteiger partial charge is 0.303 e. The van der Waals surface area contributed by atoms with Crippen molar-refractivity contribution in [2.24, 2.45) is 5.92 Å². The molecule has 1 aliphatic heterocycles. The Morgan fingerprint density at radius 2 is 2.16 bits per heavy atom. The van der Waals surface area contributed by atoms with Gasteiger partial charge in [-0.3, -0.25) is 4.79 Å². The normalized spacial score (nSPS) is 16.3. The molecule has 0 aromatic heterocycles. The van der Waals surface area contributed by atoms with E-state index in [0.29, 0.717) is 10.9 Å². The second-order valence-corrected chi connectivity index (χ2v) is 6.63. The lowest BCUT2D eigenvalue weighted by atomic mass is 9.97. The highest BCUT2D eigenvalue weighted by Gasteiger charge is 2.27. The van der Waals surface area contributed by atoms with Crippen LogP contribution >= 0.6 is 35.0 Å². The minimum atomic E-state index is -0.704. The fraction of sp³-hybridized carbons (Fsp3) is 0.462. The van der Waals surface area contributed by atoms with Gasteiger partial charge in [0.2, 0.25) is 0 Å². The Morgan fingerprint density at radius 1 is 1.42 bits per heavy atom. The zero-order valence-electron chi connectivity index (χ0n) is 10.3. The first kappa shape index (κ1) is 15.0. The topological polar surface area (TPSA) is 40.5 Å². The first-order chi connectivity index (χ1) is 9.04. The number of halogens is 2. The van der Waals surface area contributed by atoms with Crippen molar-refractivity contribution in [2.75, 3.05) is 25.4 Å². The second-order valence-electron chi connectivity index (χ2n) is 4.65. The van der Waals surface area contributed by atoms with Crippen molar-refractivity contribution in [1.29, 1.82) is 0 Å². The molecule has 1 heterocycles. The van der Waals surface area contributed by atoms with Crippen LogP contribution in [0.25, 0.3) is 0 Å². The van der Waals surface area contributed by atoms with E-state index in [1.54, 1.807) is 23.9 Å². The second kappa shape index (κ2) is 6.84. The van der Waals surface area contributed by atoms with Gasteiger partial charge in [-0.05, 0) is 24.1 Å². The number of benzene rings is 1. The van der Waals surface area contributed by atoms with Crippen LogP contribution in [0.5, 0.6) is 0 Å². The summed E-state index contributed by atoms with van der Waals surface area (Å²) in [4.78, 5) is 13.8. The van der Waals surface area contributed by atoms with Crippen molar-refractivity contribution in [3.05, 3.63) is 28.2 Å². The highest BCUT2D eigenvalue weighted by atomic mass is 35.5. The van der Waals surface area contributed by atoms with Crippen molar-refractivity contribution >= 4 is 40.9 Å². The predicted octanol–water partition coefficient (Wildman–Crippen LogP) is 3.49. The molecule has 1 aliphatic rings. The van der Waals surface area contributed by atoms with Crippen LogP contribution in [0, 0.1) is 5.92 Å². The molecule has 0 radical (unpaired) electrons. The third-order valence-corrected chi connectivity index (χ3v) is 4.77. The van der Waals surface area contributed by atoms with E-state index in [9.17, 15) is 4.79 Å². The molecular weight excluding hydrogens is 305 g/mol. The van der Waals surface area contributed by atoms with Crippen LogP contribution in [-0.4, -0.2) is 41.4 Å². The van der Waals surface area contributed by atoms with Crippen LogP contribution in [0.4, 0.5) is 0 Å². The van der Waals surface area contributed by atoms with Gasteiger partial charge in [0.05, 0.1) is 11.4 Å². The van der Waals surface area contributed by atoms with Gasteiger partial charge in [0, 0.05) is 35.3 Å². The Labute approximate surface area is 126 Å². The van der Waals surface area contributed by atoms with Gasteiger partial charge in [-0.1, -0.05) is 23.2 Å². The molecule has 1 N–H and O–H groups in total. The Morgan fingerprint density at radius 3 is 2.84 bits per heavy atom. The van der Waals surface area contributed by atoms with Gasteiger partial charge < -0.3 is 10.0 Å². The van der Waals surface area contributed by atoms with E-state index in [0.717, 1.165) is 35.3 Å². The van der Waals surface area contributed by atoms with Crippen LogP contribution in [0.15, 0.2) is 23.1 Å². The largest absolute Gasteiger partial charge is 0.481 e. The maximum Gasteiger partial charge on any atom is 0.303 e. The minimum Gasteiger partial charge on any atom is -0.481 e. The van der Waals surface area contributed by atoms with Gasteiger partial charge >= 0.3 is 5.97 Å². The van der Waals surface area contributed by atoms with Crippen LogP contribution in [-0.2, 0) is 4.79 Å². The average molecular weight is 320 g/mol. The molecule has 1 aromatic carbocycles.